The Kier molecular flexibility index (Phi) is 7.96. The number of carboxylic acids is 1. The fourth-order valence-electron chi connectivity index (χ4n) is 3.28. The normalized spacial score (nSPS) is 19.1. The Morgan fingerprint density at radius 2 is 1.87 bits per heavy atom. The van der Waals surface area contributed by atoms with Crippen LogP contribution >= 0.6 is 23.2 Å². The van der Waals surface area contributed by atoms with E-state index in [1.807, 2.05) is 13.8 Å². The van der Waals surface area contributed by atoms with E-state index in [9.17, 15) is 24.6 Å². The van der Waals surface area contributed by atoms with Crippen molar-refractivity contribution >= 4 is 41.0 Å². The zero-order valence-corrected chi connectivity index (χ0v) is 18.7. The number of carboxylic acid groups (broad SMARTS) is 1. The third-order valence-electron chi connectivity index (χ3n) is 4.95. The second-order valence-corrected chi connectivity index (χ2v) is 8.71. The van der Waals surface area contributed by atoms with Crippen molar-refractivity contribution < 1.29 is 29.3 Å². The van der Waals surface area contributed by atoms with Crippen LogP contribution in [0.4, 0.5) is 0 Å². The van der Waals surface area contributed by atoms with Crippen LogP contribution in [0.2, 0.25) is 10.0 Å². The lowest BCUT2D eigenvalue weighted by molar-refractivity contribution is -0.175. The summed E-state index contributed by atoms with van der Waals surface area (Å²) in [6.07, 6.45) is 0.342. The molecule has 1 fully saturated rings. The molecule has 0 unspecified atom stereocenters. The average Bonchev–Trinajstić information content (AvgIpc) is 3.02. The van der Waals surface area contributed by atoms with E-state index in [0.29, 0.717) is 24.9 Å². The average molecular weight is 461 g/mol. The van der Waals surface area contributed by atoms with E-state index < -0.39 is 29.8 Å². The number of benzene rings is 1. The van der Waals surface area contributed by atoms with Crippen molar-refractivity contribution in [3.05, 3.63) is 27.7 Å². The van der Waals surface area contributed by atoms with Gasteiger partial charge in [0.05, 0.1) is 23.2 Å². The first-order valence-electron chi connectivity index (χ1n) is 9.59. The number of hydrazine groups is 1. The molecule has 166 valence electrons. The molecular weight excluding hydrogens is 435 g/mol. The zero-order chi connectivity index (χ0) is 22.6. The molecule has 1 amide bonds. The minimum absolute atomic E-state index is 0.114. The fraction of sp³-hybridized carbons (Fsp3) is 0.550. The number of esters is 1. The Balaban J connectivity index is 2.35. The molecule has 0 radical (unpaired) electrons. The largest absolute Gasteiger partial charge is 0.508 e. The number of carbonyl (C=O) groups excluding carboxylic acids is 2. The number of hydrogen-bond acceptors (Lipinski definition) is 6. The molecule has 0 bridgehead atoms. The Hall–Kier alpha value is -2.03. The molecule has 8 nitrogen and oxygen atoms in total. The first-order valence-corrected chi connectivity index (χ1v) is 10.3. The highest BCUT2D eigenvalue weighted by molar-refractivity contribution is 6.36. The number of halogens is 2. The highest BCUT2D eigenvalue weighted by atomic mass is 35.5. The summed E-state index contributed by atoms with van der Waals surface area (Å²) in [7, 11) is 0. The molecule has 0 spiro atoms. The van der Waals surface area contributed by atoms with E-state index in [4.69, 9.17) is 27.9 Å². The van der Waals surface area contributed by atoms with Gasteiger partial charge in [-0.15, -0.1) is 0 Å². The molecule has 1 aliphatic rings. The van der Waals surface area contributed by atoms with Gasteiger partial charge >= 0.3 is 11.9 Å². The van der Waals surface area contributed by atoms with E-state index in [2.05, 4.69) is 0 Å². The topological polar surface area (TPSA) is 107 Å². The maximum absolute atomic E-state index is 13.0. The molecule has 1 saturated heterocycles. The Labute approximate surface area is 185 Å². The number of rotatable bonds is 8. The third-order valence-corrected chi connectivity index (χ3v) is 5.62. The van der Waals surface area contributed by atoms with Gasteiger partial charge in [0.2, 0.25) is 5.91 Å². The SMILES string of the molecule is CC(C)COC(=O)CC(=O)N(Cc1c(Cl)cc(O)cc1Cl)N1CCC[C@]1(C)C(=O)O. The summed E-state index contributed by atoms with van der Waals surface area (Å²) in [4.78, 5) is 37.1. The molecule has 0 aliphatic carbocycles. The number of carbonyl (C=O) groups is 3. The molecule has 2 N–H and O–H groups in total. The van der Waals surface area contributed by atoms with Gasteiger partial charge in [-0.1, -0.05) is 37.0 Å². The summed E-state index contributed by atoms with van der Waals surface area (Å²) in [5, 5.41) is 22.3. The molecule has 0 saturated carbocycles. The van der Waals surface area contributed by atoms with Crippen LogP contribution in [0.3, 0.4) is 0 Å². The molecule has 10 heteroatoms. The van der Waals surface area contributed by atoms with Gasteiger partial charge < -0.3 is 14.9 Å². The monoisotopic (exact) mass is 460 g/mol. The number of ether oxygens (including phenoxy) is 1. The second kappa shape index (κ2) is 9.85. The van der Waals surface area contributed by atoms with Crippen LogP contribution in [-0.2, 0) is 25.7 Å². The third kappa shape index (κ3) is 5.56. The van der Waals surface area contributed by atoms with Crippen LogP contribution in [0.5, 0.6) is 5.75 Å². The lowest BCUT2D eigenvalue weighted by atomic mass is 10.0. The van der Waals surface area contributed by atoms with Gasteiger partial charge in [0.15, 0.2) is 0 Å². The van der Waals surface area contributed by atoms with Crippen LogP contribution in [0.25, 0.3) is 0 Å². The number of nitrogens with zero attached hydrogens (tertiary/aromatic N) is 2. The van der Waals surface area contributed by atoms with Gasteiger partial charge in [0.25, 0.3) is 0 Å². The van der Waals surface area contributed by atoms with Gasteiger partial charge in [-0.3, -0.25) is 19.4 Å². The minimum Gasteiger partial charge on any atom is -0.508 e. The van der Waals surface area contributed by atoms with Crippen LogP contribution in [-0.4, -0.2) is 56.8 Å². The van der Waals surface area contributed by atoms with Crippen molar-refractivity contribution in [1.29, 1.82) is 0 Å². The van der Waals surface area contributed by atoms with Crippen molar-refractivity contribution in [2.24, 2.45) is 5.92 Å². The molecule has 1 heterocycles. The minimum atomic E-state index is -1.33. The summed E-state index contributed by atoms with van der Waals surface area (Å²) in [6.45, 7) is 5.61. The van der Waals surface area contributed by atoms with Gasteiger partial charge in [-0.2, -0.15) is 0 Å². The summed E-state index contributed by atoms with van der Waals surface area (Å²) in [5.41, 5.74) is -0.993. The maximum atomic E-state index is 13.0. The van der Waals surface area contributed by atoms with Crippen LogP contribution in [0, 0.1) is 5.92 Å². The summed E-state index contributed by atoms with van der Waals surface area (Å²) in [6, 6.07) is 2.56. The number of phenols is 1. The smallest absolute Gasteiger partial charge is 0.325 e. The zero-order valence-electron chi connectivity index (χ0n) is 17.2. The number of amides is 1. The standard InChI is InChI=1S/C20H26Cl2N2O6/c1-12(2)11-30-18(27)9-17(26)23(24-6-4-5-20(24,3)19(28)29)10-14-15(21)7-13(25)8-16(14)22/h7-8,12,25H,4-6,9-11H2,1-3H3,(H,28,29)/t20-/m1/s1. The highest BCUT2D eigenvalue weighted by Gasteiger charge is 2.47. The predicted molar refractivity (Wildman–Crippen MR) is 111 cm³/mol. The van der Waals surface area contributed by atoms with Crippen LogP contribution in [0.1, 0.15) is 45.6 Å². The first-order chi connectivity index (χ1) is 14.0. The number of hydrogen-bond donors (Lipinski definition) is 2. The Bertz CT molecular complexity index is 809. The molecule has 2 rings (SSSR count). The van der Waals surface area contributed by atoms with E-state index in [0.717, 1.165) is 0 Å². The highest BCUT2D eigenvalue weighted by Crippen LogP contribution is 2.35. The molecule has 0 aromatic heterocycles. The van der Waals surface area contributed by atoms with Gasteiger partial charge in [0, 0.05) is 12.1 Å². The van der Waals surface area contributed by atoms with Crippen molar-refractivity contribution in [3.63, 3.8) is 0 Å². The van der Waals surface area contributed by atoms with Crippen LogP contribution in [0.15, 0.2) is 12.1 Å². The van der Waals surface area contributed by atoms with Crippen LogP contribution < -0.4 is 0 Å². The van der Waals surface area contributed by atoms with Gasteiger partial charge in [-0.05, 0) is 37.8 Å². The van der Waals surface area contributed by atoms with E-state index >= 15 is 0 Å². The summed E-state index contributed by atoms with van der Waals surface area (Å²) < 4.78 is 5.09. The molecule has 1 aromatic carbocycles. The fourth-order valence-corrected chi connectivity index (χ4v) is 3.87. The Morgan fingerprint density at radius 1 is 1.27 bits per heavy atom. The van der Waals surface area contributed by atoms with E-state index in [-0.39, 0.29) is 34.9 Å². The summed E-state index contributed by atoms with van der Waals surface area (Å²) in [5.74, 6) is -2.43. The maximum Gasteiger partial charge on any atom is 0.325 e. The second-order valence-electron chi connectivity index (χ2n) is 7.90. The first kappa shape index (κ1) is 24.2. The summed E-state index contributed by atoms with van der Waals surface area (Å²) >= 11 is 12.4. The molecule has 1 atom stereocenters. The quantitative estimate of drug-likeness (QED) is 0.451. The number of aliphatic carboxylic acids is 1. The Morgan fingerprint density at radius 3 is 2.40 bits per heavy atom. The van der Waals surface area contributed by atoms with Gasteiger partial charge in [0.1, 0.15) is 17.7 Å². The number of phenolic OH excluding ortho intramolecular Hbond substituents is 1. The predicted octanol–water partition coefficient (Wildman–Crippen LogP) is 3.47. The molecular formula is C20H26Cl2N2O6. The number of aromatic hydroxyl groups is 1. The molecule has 30 heavy (non-hydrogen) atoms. The van der Waals surface area contributed by atoms with E-state index in [1.54, 1.807) is 0 Å². The molecule has 1 aromatic rings. The lowest BCUT2D eigenvalue weighted by Crippen LogP contribution is -2.58. The molecule has 1 aliphatic heterocycles. The van der Waals surface area contributed by atoms with Crippen molar-refractivity contribution in [2.75, 3.05) is 13.2 Å². The van der Waals surface area contributed by atoms with Gasteiger partial charge in [-0.25, -0.2) is 5.01 Å². The van der Waals surface area contributed by atoms with Crippen molar-refractivity contribution in [1.82, 2.24) is 10.0 Å². The van der Waals surface area contributed by atoms with E-state index in [1.165, 1.54) is 29.1 Å². The van der Waals surface area contributed by atoms with Crippen molar-refractivity contribution in [2.45, 2.75) is 52.1 Å². The van der Waals surface area contributed by atoms with Crippen molar-refractivity contribution in [3.8, 4) is 5.75 Å². The lowest BCUT2D eigenvalue weighted by Gasteiger charge is -2.40.